The number of hydrogen-bond donors (Lipinski definition) is 3. The summed E-state index contributed by atoms with van der Waals surface area (Å²) in [5.74, 6) is 0.833. The number of benzene rings is 1. The Morgan fingerprint density at radius 1 is 1.37 bits per heavy atom. The highest BCUT2D eigenvalue weighted by Crippen LogP contribution is 2.25. The molecule has 3 heterocycles. The first-order chi connectivity index (χ1) is 13.0. The van der Waals surface area contributed by atoms with Crippen LogP contribution in [0, 0.1) is 0 Å². The molecular formula is C18H19N5O4. The number of methoxy groups -OCH3 is 1. The molecule has 1 aromatic carbocycles. The van der Waals surface area contributed by atoms with E-state index < -0.39 is 18.0 Å². The van der Waals surface area contributed by atoms with Gasteiger partial charge in [0.25, 0.3) is 5.91 Å². The summed E-state index contributed by atoms with van der Waals surface area (Å²) in [4.78, 5) is 44.9. The first-order valence-corrected chi connectivity index (χ1v) is 8.65. The van der Waals surface area contributed by atoms with Crippen molar-refractivity contribution in [2.45, 2.75) is 25.4 Å². The van der Waals surface area contributed by atoms with E-state index in [-0.39, 0.29) is 12.3 Å². The minimum atomic E-state index is -0.805. The number of nitrogens with one attached hydrogen (secondary N) is 3. The Balaban J connectivity index is 1.47. The number of rotatable bonds is 4. The van der Waals surface area contributed by atoms with Gasteiger partial charge in [-0.15, -0.1) is 0 Å². The lowest BCUT2D eigenvalue weighted by Crippen LogP contribution is -2.41. The van der Waals surface area contributed by atoms with Crippen molar-refractivity contribution in [1.82, 2.24) is 25.5 Å². The van der Waals surface area contributed by atoms with Crippen LogP contribution in [0.5, 0.6) is 5.75 Å². The number of carbonyl (C=O) groups is 3. The molecule has 2 aromatic rings. The van der Waals surface area contributed by atoms with E-state index in [1.807, 2.05) is 24.3 Å². The van der Waals surface area contributed by atoms with Crippen molar-refractivity contribution < 1.29 is 19.1 Å². The Morgan fingerprint density at radius 3 is 2.96 bits per heavy atom. The topological polar surface area (TPSA) is 116 Å². The third-order valence-corrected chi connectivity index (χ3v) is 4.77. The number of imidazole rings is 1. The molecule has 2 aliphatic heterocycles. The second-order valence-corrected chi connectivity index (χ2v) is 6.53. The summed E-state index contributed by atoms with van der Waals surface area (Å²) in [7, 11) is 1.61. The number of carbonyl (C=O) groups excluding carboxylic acids is 3. The predicted octanol–water partition coefficient (Wildman–Crippen LogP) is 0.568. The average Bonchev–Trinajstić information content (AvgIpc) is 3.23. The molecule has 2 aliphatic rings. The molecule has 3 N–H and O–H groups in total. The molecule has 0 spiro atoms. The number of imide groups is 1. The van der Waals surface area contributed by atoms with Crippen LogP contribution < -0.4 is 15.4 Å². The van der Waals surface area contributed by atoms with Crippen LogP contribution in [0.1, 0.15) is 17.8 Å². The number of H-pyrrole nitrogens is 1. The third kappa shape index (κ3) is 3.35. The number of amides is 4. The molecule has 9 heteroatoms. The molecule has 1 atom stereocenters. The molecule has 0 saturated carbocycles. The summed E-state index contributed by atoms with van der Waals surface area (Å²) >= 11 is 0. The number of aromatic amines is 1. The Morgan fingerprint density at radius 2 is 2.22 bits per heavy atom. The summed E-state index contributed by atoms with van der Waals surface area (Å²) in [5, 5.41) is 4.59. The fourth-order valence-corrected chi connectivity index (χ4v) is 3.32. The average molecular weight is 369 g/mol. The van der Waals surface area contributed by atoms with Gasteiger partial charge in [0.2, 0.25) is 5.91 Å². The third-order valence-electron chi connectivity index (χ3n) is 4.77. The minimum Gasteiger partial charge on any atom is -0.497 e. The van der Waals surface area contributed by atoms with Gasteiger partial charge < -0.3 is 19.9 Å². The highest BCUT2D eigenvalue weighted by atomic mass is 16.5. The normalized spacial score (nSPS) is 18.7. The first-order valence-electron chi connectivity index (χ1n) is 8.65. The van der Waals surface area contributed by atoms with E-state index in [9.17, 15) is 14.4 Å². The fraction of sp³-hybridized carbons (Fsp3) is 0.333. The highest BCUT2D eigenvalue weighted by Gasteiger charge is 2.33. The number of nitrogens with zero attached hydrogens (tertiary/aromatic N) is 2. The predicted molar refractivity (Wildman–Crippen MR) is 94.8 cm³/mol. The van der Waals surface area contributed by atoms with E-state index in [0.717, 1.165) is 28.5 Å². The van der Waals surface area contributed by atoms with Crippen molar-refractivity contribution >= 4 is 17.8 Å². The second-order valence-electron chi connectivity index (χ2n) is 6.53. The smallest absolute Gasteiger partial charge is 0.322 e. The zero-order chi connectivity index (χ0) is 19.0. The van der Waals surface area contributed by atoms with Gasteiger partial charge >= 0.3 is 6.03 Å². The fourth-order valence-electron chi connectivity index (χ4n) is 3.32. The lowest BCUT2D eigenvalue weighted by atomic mass is 10.1. The Labute approximate surface area is 155 Å². The maximum atomic E-state index is 12.5. The summed E-state index contributed by atoms with van der Waals surface area (Å²) in [6.45, 7) is 0.921. The van der Waals surface area contributed by atoms with Crippen LogP contribution in [0.25, 0.3) is 11.4 Å². The Bertz CT molecular complexity index is 922. The zero-order valence-electron chi connectivity index (χ0n) is 14.7. The zero-order valence-corrected chi connectivity index (χ0v) is 14.7. The lowest BCUT2D eigenvalue weighted by molar-refractivity contribution is -0.134. The molecule has 140 valence electrons. The van der Waals surface area contributed by atoms with Crippen LogP contribution in [0.2, 0.25) is 0 Å². The minimum absolute atomic E-state index is 0.0518. The molecule has 4 rings (SSSR count). The molecular weight excluding hydrogens is 350 g/mol. The summed E-state index contributed by atoms with van der Waals surface area (Å²) in [5.41, 5.74) is 2.73. The van der Waals surface area contributed by atoms with Crippen molar-refractivity contribution in [2.24, 2.45) is 0 Å². The van der Waals surface area contributed by atoms with Crippen LogP contribution >= 0.6 is 0 Å². The van der Waals surface area contributed by atoms with Gasteiger partial charge in [-0.3, -0.25) is 14.9 Å². The van der Waals surface area contributed by atoms with Gasteiger partial charge in [-0.05, 0) is 12.1 Å². The van der Waals surface area contributed by atoms with Crippen LogP contribution in [0.15, 0.2) is 24.3 Å². The molecule has 0 bridgehead atoms. The maximum absolute atomic E-state index is 12.5. The summed E-state index contributed by atoms with van der Waals surface area (Å²) in [6.07, 6.45) is 0.578. The first kappa shape index (κ1) is 17.1. The van der Waals surface area contributed by atoms with Crippen molar-refractivity contribution in [2.75, 3.05) is 13.7 Å². The van der Waals surface area contributed by atoms with Gasteiger partial charge in [-0.1, -0.05) is 12.1 Å². The van der Waals surface area contributed by atoms with Gasteiger partial charge in [-0.2, -0.15) is 0 Å². The molecule has 0 radical (unpaired) electrons. The molecule has 0 unspecified atom stereocenters. The summed E-state index contributed by atoms with van der Waals surface area (Å²) < 4.78 is 5.25. The number of urea groups is 1. The monoisotopic (exact) mass is 369 g/mol. The van der Waals surface area contributed by atoms with E-state index in [4.69, 9.17) is 4.74 Å². The Hall–Kier alpha value is -3.36. The van der Waals surface area contributed by atoms with Gasteiger partial charge in [0.05, 0.1) is 31.5 Å². The van der Waals surface area contributed by atoms with E-state index in [0.29, 0.717) is 19.5 Å². The van der Waals surface area contributed by atoms with Gasteiger partial charge in [0.1, 0.15) is 17.6 Å². The van der Waals surface area contributed by atoms with Gasteiger partial charge in [0, 0.05) is 18.5 Å². The van der Waals surface area contributed by atoms with Crippen molar-refractivity contribution in [3.63, 3.8) is 0 Å². The summed E-state index contributed by atoms with van der Waals surface area (Å²) in [6, 6.07) is 6.23. The van der Waals surface area contributed by atoms with Crippen molar-refractivity contribution in [1.29, 1.82) is 0 Å². The van der Waals surface area contributed by atoms with Crippen LogP contribution in [0.3, 0.4) is 0 Å². The van der Waals surface area contributed by atoms with E-state index >= 15 is 0 Å². The lowest BCUT2D eigenvalue weighted by Gasteiger charge is -2.26. The molecule has 4 amide bonds. The highest BCUT2D eigenvalue weighted by molar-refractivity contribution is 6.05. The van der Waals surface area contributed by atoms with Crippen molar-refractivity contribution in [3.05, 3.63) is 35.7 Å². The van der Waals surface area contributed by atoms with Crippen molar-refractivity contribution in [3.8, 4) is 17.1 Å². The number of hydrogen-bond acceptors (Lipinski definition) is 5. The number of aromatic nitrogens is 2. The van der Waals surface area contributed by atoms with Crippen LogP contribution in [-0.2, 0) is 22.6 Å². The van der Waals surface area contributed by atoms with E-state index in [1.54, 1.807) is 12.0 Å². The molecule has 1 saturated heterocycles. The van der Waals surface area contributed by atoms with E-state index in [2.05, 4.69) is 20.6 Å². The standard InChI is InChI=1S/C18H19N5O4/c1-27-11-4-2-3-10(7-11)16-19-12-5-6-23(9-14(12)20-16)15(24)8-13-17(25)22-18(26)21-13/h2-4,7,13H,5-6,8-9H2,1H3,(H,19,20)(H2,21,22,25,26)/t13-/m0/s1. The second kappa shape index (κ2) is 6.75. The number of fused-ring (bicyclic) bond motifs is 1. The Kier molecular flexibility index (Phi) is 4.27. The largest absolute Gasteiger partial charge is 0.497 e. The van der Waals surface area contributed by atoms with Crippen LogP contribution in [-0.4, -0.2) is 52.4 Å². The van der Waals surface area contributed by atoms with Gasteiger partial charge in [-0.25, -0.2) is 9.78 Å². The quantitative estimate of drug-likeness (QED) is 0.681. The SMILES string of the molecule is COc1cccc(-c2nc3c([nH]2)CN(C(=O)C[C@@H]2NC(=O)NC2=O)CC3)c1. The molecule has 1 aromatic heterocycles. The molecule has 9 nitrogen and oxygen atoms in total. The molecule has 0 aliphatic carbocycles. The molecule has 1 fully saturated rings. The van der Waals surface area contributed by atoms with Gasteiger partial charge in [0.15, 0.2) is 0 Å². The maximum Gasteiger partial charge on any atom is 0.322 e. The van der Waals surface area contributed by atoms with E-state index in [1.165, 1.54) is 0 Å². The molecule has 27 heavy (non-hydrogen) atoms. The number of ether oxygens (including phenoxy) is 1. The van der Waals surface area contributed by atoms with Crippen LogP contribution in [0.4, 0.5) is 4.79 Å².